The summed E-state index contributed by atoms with van der Waals surface area (Å²) in [6.07, 6.45) is -10.8. The summed E-state index contributed by atoms with van der Waals surface area (Å²) in [5.41, 5.74) is -4.72. The van der Waals surface area contributed by atoms with Crippen molar-refractivity contribution >= 4 is 0 Å². The first-order valence-corrected chi connectivity index (χ1v) is 13.4. The van der Waals surface area contributed by atoms with E-state index >= 15 is 4.39 Å². The molecule has 0 heterocycles. The standard InChI is InChI=1S/C30H24F12O2/c1-2-3-15-4-6-16(7-5-15)17-8-9-20(21(31)10-17)18-11-22(32)26(23(33)12-18)28(36,37)43-19-13-24(34)27(25(35)14-19)29(38,39)44-30(40,41)42/h8-16H,2-7H2,1H3. The molecule has 0 spiro atoms. The van der Waals surface area contributed by atoms with Gasteiger partial charge in [0.05, 0.1) is 0 Å². The molecule has 0 bridgehead atoms. The summed E-state index contributed by atoms with van der Waals surface area (Å²) in [5.74, 6) is -10.7. The Hall–Kier alpha value is -3.42. The molecule has 1 aliphatic rings. The van der Waals surface area contributed by atoms with Gasteiger partial charge in [0.2, 0.25) is 0 Å². The third-order valence-electron chi connectivity index (χ3n) is 7.45. The van der Waals surface area contributed by atoms with Gasteiger partial charge in [0.25, 0.3) is 0 Å². The molecule has 1 fully saturated rings. The van der Waals surface area contributed by atoms with Gasteiger partial charge in [-0.05, 0) is 66.8 Å². The van der Waals surface area contributed by atoms with Gasteiger partial charge in [-0.3, -0.25) is 0 Å². The molecule has 2 nitrogen and oxygen atoms in total. The Morgan fingerprint density at radius 3 is 1.68 bits per heavy atom. The normalized spacial score (nSPS) is 18.0. The van der Waals surface area contributed by atoms with Crippen LogP contribution in [0.15, 0.2) is 42.5 Å². The fourth-order valence-electron chi connectivity index (χ4n) is 5.50. The zero-order valence-corrected chi connectivity index (χ0v) is 22.8. The smallest absolute Gasteiger partial charge is 0.429 e. The highest BCUT2D eigenvalue weighted by molar-refractivity contribution is 5.65. The van der Waals surface area contributed by atoms with Crippen LogP contribution in [0.4, 0.5) is 52.7 Å². The molecule has 4 rings (SSSR count). The number of hydrogen-bond acceptors (Lipinski definition) is 2. The van der Waals surface area contributed by atoms with Crippen molar-refractivity contribution in [2.75, 3.05) is 0 Å². The molecule has 0 aromatic heterocycles. The zero-order valence-electron chi connectivity index (χ0n) is 22.8. The van der Waals surface area contributed by atoms with Gasteiger partial charge in [0, 0.05) is 17.7 Å². The van der Waals surface area contributed by atoms with Gasteiger partial charge in [-0.15, -0.1) is 13.2 Å². The molecule has 0 aliphatic heterocycles. The van der Waals surface area contributed by atoms with Crippen molar-refractivity contribution in [3.05, 3.63) is 88.2 Å². The van der Waals surface area contributed by atoms with Gasteiger partial charge in [0.1, 0.15) is 46.0 Å². The van der Waals surface area contributed by atoms with Crippen LogP contribution >= 0.6 is 0 Å². The molecule has 0 unspecified atom stereocenters. The van der Waals surface area contributed by atoms with E-state index in [0.29, 0.717) is 23.6 Å². The van der Waals surface area contributed by atoms with E-state index in [9.17, 15) is 48.3 Å². The van der Waals surface area contributed by atoms with Crippen molar-refractivity contribution in [3.63, 3.8) is 0 Å². The molecule has 0 amide bonds. The number of alkyl halides is 7. The van der Waals surface area contributed by atoms with Gasteiger partial charge in [-0.1, -0.05) is 31.9 Å². The van der Waals surface area contributed by atoms with E-state index in [1.54, 1.807) is 6.07 Å². The average molecular weight is 644 g/mol. The SMILES string of the molecule is CCCC1CCC(c2ccc(-c3cc(F)c(C(F)(F)Oc4cc(F)c(C(F)(F)OC(F)(F)F)c(F)c4)c(F)c3)c(F)c2)CC1. The molecule has 14 heteroatoms. The van der Waals surface area contributed by atoms with E-state index in [4.69, 9.17) is 0 Å². The van der Waals surface area contributed by atoms with Crippen LogP contribution in [0.25, 0.3) is 11.1 Å². The molecular weight excluding hydrogens is 620 g/mol. The Morgan fingerprint density at radius 2 is 1.18 bits per heavy atom. The maximum Gasteiger partial charge on any atom is 0.527 e. The van der Waals surface area contributed by atoms with E-state index < -0.39 is 70.1 Å². The van der Waals surface area contributed by atoms with E-state index in [2.05, 4.69) is 16.4 Å². The van der Waals surface area contributed by atoms with Gasteiger partial charge in [-0.25, -0.2) is 26.7 Å². The first-order chi connectivity index (χ1) is 20.4. The van der Waals surface area contributed by atoms with Crippen molar-refractivity contribution < 1.29 is 62.2 Å². The highest BCUT2D eigenvalue weighted by Gasteiger charge is 2.50. The van der Waals surface area contributed by atoms with Crippen LogP contribution in [0.1, 0.15) is 68.1 Å². The van der Waals surface area contributed by atoms with E-state index in [1.807, 2.05) is 0 Å². The topological polar surface area (TPSA) is 18.5 Å². The largest absolute Gasteiger partial charge is 0.527 e. The second-order valence-electron chi connectivity index (χ2n) is 10.5. The zero-order chi connectivity index (χ0) is 32.6. The lowest BCUT2D eigenvalue weighted by Crippen LogP contribution is -2.30. The summed E-state index contributed by atoms with van der Waals surface area (Å²) in [5, 5.41) is 0. The Balaban J connectivity index is 1.56. The molecule has 3 aromatic carbocycles. The van der Waals surface area contributed by atoms with Gasteiger partial charge < -0.3 is 4.74 Å². The Kier molecular flexibility index (Phi) is 9.53. The highest BCUT2D eigenvalue weighted by atomic mass is 19.4. The molecule has 0 atom stereocenters. The highest BCUT2D eigenvalue weighted by Crippen LogP contribution is 2.43. The average Bonchev–Trinajstić information content (AvgIpc) is 2.86. The maximum atomic E-state index is 15.0. The number of benzene rings is 3. The quantitative estimate of drug-likeness (QED) is 0.216. The van der Waals surface area contributed by atoms with Gasteiger partial charge in [-0.2, -0.15) is 17.6 Å². The van der Waals surface area contributed by atoms with Crippen molar-refractivity contribution in [1.29, 1.82) is 0 Å². The van der Waals surface area contributed by atoms with E-state index in [0.717, 1.165) is 38.5 Å². The summed E-state index contributed by atoms with van der Waals surface area (Å²) in [6.45, 7) is 2.10. The van der Waals surface area contributed by atoms with Crippen molar-refractivity contribution in [3.8, 4) is 16.9 Å². The Labute approximate surface area is 243 Å². The number of ether oxygens (including phenoxy) is 2. The van der Waals surface area contributed by atoms with Crippen LogP contribution in [0, 0.1) is 35.0 Å². The minimum atomic E-state index is -6.04. The van der Waals surface area contributed by atoms with Crippen LogP contribution < -0.4 is 4.74 Å². The summed E-state index contributed by atoms with van der Waals surface area (Å²) in [7, 11) is 0. The third kappa shape index (κ3) is 7.44. The van der Waals surface area contributed by atoms with Gasteiger partial charge >= 0.3 is 18.6 Å². The second-order valence-corrected chi connectivity index (χ2v) is 10.5. The lowest BCUT2D eigenvalue weighted by Gasteiger charge is -2.28. The third-order valence-corrected chi connectivity index (χ3v) is 7.45. The Morgan fingerprint density at radius 1 is 0.659 bits per heavy atom. The molecule has 0 N–H and O–H groups in total. The first kappa shape index (κ1) is 33.5. The molecule has 1 aliphatic carbocycles. The van der Waals surface area contributed by atoms with Crippen molar-refractivity contribution in [2.45, 2.75) is 69.9 Å². The predicted octanol–water partition coefficient (Wildman–Crippen LogP) is 10.8. The summed E-state index contributed by atoms with van der Waals surface area (Å²) in [4.78, 5) is 0. The van der Waals surface area contributed by atoms with Crippen LogP contribution in [0.3, 0.4) is 0 Å². The molecule has 44 heavy (non-hydrogen) atoms. The second kappa shape index (κ2) is 12.5. The summed E-state index contributed by atoms with van der Waals surface area (Å²) >= 11 is 0. The van der Waals surface area contributed by atoms with Crippen LogP contribution in [0.5, 0.6) is 5.75 Å². The summed E-state index contributed by atoms with van der Waals surface area (Å²) < 4.78 is 173. The summed E-state index contributed by atoms with van der Waals surface area (Å²) in [6, 6.07) is 4.12. The van der Waals surface area contributed by atoms with Crippen LogP contribution in [-0.2, 0) is 17.0 Å². The molecule has 1 saturated carbocycles. The number of rotatable bonds is 9. The maximum absolute atomic E-state index is 15.0. The Bertz CT molecular complexity index is 1450. The van der Waals surface area contributed by atoms with Crippen LogP contribution in [-0.4, -0.2) is 6.36 Å². The fraction of sp³-hybridized carbons (Fsp3) is 0.400. The predicted molar refractivity (Wildman–Crippen MR) is 133 cm³/mol. The molecule has 240 valence electrons. The molecule has 0 saturated heterocycles. The lowest BCUT2D eigenvalue weighted by atomic mass is 9.77. The van der Waals surface area contributed by atoms with E-state index in [1.165, 1.54) is 12.1 Å². The number of hydrogen-bond donors (Lipinski definition) is 0. The van der Waals surface area contributed by atoms with Gasteiger partial charge in [0.15, 0.2) is 0 Å². The monoisotopic (exact) mass is 644 g/mol. The molecule has 0 radical (unpaired) electrons. The fourth-order valence-corrected chi connectivity index (χ4v) is 5.50. The minimum Gasteiger partial charge on any atom is -0.429 e. The lowest BCUT2D eigenvalue weighted by molar-refractivity contribution is -0.432. The first-order valence-electron chi connectivity index (χ1n) is 13.4. The van der Waals surface area contributed by atoms with Crippen molar-refractivity contribution in [2.24, 2.45) is 5.92 Å². The molecule has 3 aromatic rings. The van der Waals surface area contributed by atoms with Crippen molar-refractivity contribution in [1.82, 2.24) is 0 Å². The minimum absolute atomic E-state index is 0.0884. The number of halogens is 12. The van der Waals surface area contributed by atoms with Crippen LogP contribution in [0.2, 0.25) is 0 Å². The van der Waals surface area contributed by atoms with E-state index in [-0.39, 0.29) is 23.6 Å². The molecular formula is C30H24F12O2.